The topological polar surface area (TPSA) is 27.7 Å². The molecule has 0 saturated heterocycles. The van der Waals surface area contributed by atoms with Crippen molar-refractivity contribution >= 4 is 30.3 Å². The Morgan fingerprint density at radius 1 is 1.12 bits per heavy atom. The molecular weight excluding hydrogens is 384 g/mol. The minimum Gasteiger partial charge on any atom is -0.497 e. The first kappa shape index (κ1) is 21.3. The molecule has 0 heterocycles. The van der Waals surface area contributed by atoms with Gasteiger partial charge in [-0.2, -0.15) is 0 Å². The summed E-state index contributed by atoms with van der Waals surface area (Å²) in [5, 5.41) is 0.269. The lowest BCUT2D eigenvalue weighted by Gasteiger charge is -2.36. The fraction of sp³-hybridized carbons (Fsp3) is 0.579. The highest BCUT2D eigenvalue weighted by Gasteiger charge is 2.36. The number of rotatable bonds is 8. The van der Waals surface area contributed by atoms with Gasteiger partial charge >= 0.3 is 0 Å². The van der Waals surface area contributed by atoms with Gasteiger partial charge < -0.3 is 13.9 Å². The monoisotopic (exact) mass is 414 g/mol. The van der Waals surface area contributed by atoms with E-state index in [1.54, 1.807) is 14.2 Å². The second-order valence-corrected chi connectivity index (χ2v) is 13.0. The zero-order valence-electron chi connectivity index (χ0n) is 16.0. The summed E-state index contributed by atoms with van der Waals surface area (Å²) in [6, 6.07) is 3.86. The molecule has 0 saturated carbocycles. The van der Waals surface area contributed by atoms with Crippen molar-refractivity contribution in [2.45, 2.75) is 51.7 Å². The van der Waals surface area contributed by atoms with Crippen LogP contribution in [0.25, 0.3) is 6.08 Å². The van der Waals surface area contributed by atoms with E-state index >= 15 is 0 Å². The number of hydrogen-bond acceptors (Lipinski definition) is 3. The summed E-state index contributed by atoms with van der Waals surface area (Å²) >= 11 is 3.58. The van der Waals surface area contributed by atoms with Crippen molar-refractivity contribution in [1.82, 2.24) is 0 Å². The van der Waals surface area contributed by atoms with Gasteiger partial charge in [-0.05, 0) is 58.5 Å². The van der Waals surface area contributed by atoms with Gasteiger partial charge in [-0.1, -0.05) is 32.9 Å². The zero-order chi connectivity index (χ0) is 18.4. The van der Waals surface area contributed by atoms with Crippen molar-refractivity contribution in [2.24, 2.45) is 0 Å². The number of hydrogen-bond donors (Lipinski definition) is 0. The summed E-state index contributed by atoms with van der Waals surface area (Å²) in [5.41, 5.74) is 1.05. The summed E-state index contributed by atoms with van der Waals surface area (Å²) in [6.45, 7) is 12.2. The van der Waals surface area contributed by atoms with Crippen molar-refractivity contribution in [3.05, 3.63) is 28.2 Å². The number of unbranched alkanes of at least 4 members (excludes halogenated alkanes) is 1. The maximum absolute atomic E-state index is 6.20. The molecule has 24 heavy (non-hydrogen) atoms. The van der Waals surface area contributed by atoms with E-state index in [0.29, 0.717) is 0 Å². The standard InChI is InChI=1S/C19H31BrO3Si/c1-19(2,3)24(6,7)23-12-10-8-9-11-15-13-16(21-4)14-17(22-5)18(15)20/h9,11,13-14H,8,10,12H2,1-7H3/b11-9+. The van der Waals surface area contributed by atoms with Gasteiger partial charge in [0.05, 0.1) is 18.7 Å². The molecule has 136 valence electrons. The SMILES string of the molecule is COc1cc(/C=C/CCCO[Si](C)(C)C(C)(C)C)c(Br)c(OC)c1. The first-order valence-corrected chi connectivity index (χ1v) is 12.0. The number of ether oxygens (including phenoxy) is 2. The van der Waals surface area contributed by atoms with Crippen LogP contribution in [0.2, 0.25) is 18.1 Å². The largest absolute Gasteiger partial charge is 0.497 e. The maximum Gasteiger partial charge on any atom is 0.191 e. The predicted octanol–water partition coefficient (Wildman–Crippen LogP) is 6.28. The molecule has 0 fully saturated rings. The number of benzene rings is 1. The van der Waals surface area contributed by atoms with E-state index in [4.69, 9.17) is 13.9 Å². The van der Waals surface area contributed by atoms with Crippen LogP contribution >= 0.6 is 15.9 Å². The summed E-state index contributed by atoms with van der Waals surface area (Å²) in [4.78, 5) is 0. The van der Waals surface area contributed by atoms with Gasteiger partial charge in [-0.25, -0.2) is 0 Å². The predicted molar refractivity (Wildman–Crippen MR) is 109 cm³/mol. The first-order chi connectivity index (χ1) is 11.1. The highest BCUT2D eigenvalue weighted by molar-refractivity contribution is 9.10. The summed E-state index contributed by atoms with van der Waals surface area (Å²) in [5.74, 6) is 1.56. The molecule has 0 spiro atoms. The van der Waals surface area contributed by atoms with Crippen LogP contribution in [0.5, 0.6) is 11.5 Å². The minimum atomic E-state index is -1.63. The van der Waals surface area contributed by atoms with Crippen LogP contribution in [-0.2, 0) is 4.43 Å². The molecule has 3 nitrogen and oxygen atoms in total. The van der Waals surface area contributed by atoms with Crippen molar-refractivity contribution in [3.63, 3.8) is 0 Å². The fourth-order valence-electron chi connectivity index (χ4n) is 1.94. The van der Waals surface area contributed by atoms with Crippen molar-refractivity contribution in [1.29, 1.82) is 0 Å². The molecule has 0 amide bonds. The van der Waals surface area contributed by atoms with Crippen LogP contribution in [0.1, 0.15) is 39.2 Å². The molecule has 0 N–H and O–H groups in total. The Labute approximate surface area is 156 Å². The van der Waals surface area contributed by atoms with Crippen molar-refractivity contribution in [3.8, 4) is 11.5 Å². The number of halogens is 1. The average molecular weight is 415 g/mol. The Morgan fingerprint density at radius 3 is 2.33 bits per heavy atom. The first-order valence-electron chi connectivity index (χ1n) is 8.34. The van der Waals surface area contributed by atoms with E-state index in [9.17, 15) is 0 Å². The second-order valence-electron chi connectivity index (χ2n) is 7.39. The lowest BCUT2D eigenvalue weighted by Crippen LogP contribution is -2.40. The lowest BCUT2D eigenvalue weighted by atomic mass is 10.1. The van der Waals surface area contributed by atoms with E-state index < -0.39 is 8.32 Å². The van der Waals surface area contributed by atoms with E-state index in [0.717, 1.165) is 41.0 Å². The van der Waals surface area contributed by atoms with E-state index in [-0.39, 0.29) is 5.04 Å². The molecule has 0 aliphatic heterocycles. The average Bonchev–Trinajstić information content (AvgIpc) is 2.50. The summed E-state index contributed by atoms with van der Waals surface area (Å²) in [7, 11) is 1.69. The van der Waals surface area contributed by atoms with E-state index in [2.05, 4.69) is 61.9 Å². The van der Waals surface area contributed by atoms with Gasteiger partial charge in [0.1, 0.15) is 11.5 Å². The Hall–Kier alpha value is -0.783. The van der Waals surface area contributed by atoms with Gasteiger partial charge in [-0.15, -0.1) is 0 Å². The highest BCUT2D eigenvalue weighted by atomic mass is 79.9. The third-order valence-electron chi connectivity index (χ3n) is 4.58. The lowest BCUT2D eigenvalue weighted by molar-refractivity contribution is 0.283. The quantitative estimate of drug-likeness (QED) is 0.369. The molecule has 0 aliphatic rings. The smallest absolute Gasteiger partial charge is 0.191 e. The van der Waals surface area contributed by atoms with Gasteiger partial charge in [0.25, 0.3) is 0 Å². The maximum atomic E-state index is 6.20. The highest BCUT2D eigenvalue weighted by Crippen LogP contribution is 2.37. The minimum absolute atomic E-state index is 0.269. The number of allylic oxidation sites excluding steroid dienone is 1. The molecule has 1 aromatic rings. The Balaban J connectivity index is 2.57. The van der Waals surface area contributed by atoms with Gasteiger partial charge in [0.15, 0.2) is 8.32 Å². The Bertz CT molecular complexity index is 562. The number of methoxy groups -OCH3 is 2. The molecule has 1 rings (SSSR count). The van der Waals surface area contributed by atoms with E-state index in [1.165, 1.54) is 0 Å². The third-order valence-corrected chi connectivity index (χ3v) is 9.96. The van der Waals surface area contributed by atoms with Crippen molar-refractivity contribution in [2.75, 3.05) is 20.8 Å². The van der Waals surface area contributed by atoms with Crippen LogP contribution in [0.4, 0.5) is 0 Å². The summed E-state index contributed by atoms with van der Waals surface area (Å²) < 4.78 is 17.8. The van der Waals surface area contributed by atoms with Crippen molar-refractivity contribution < 1.29 is 13.9 Å². The zero-order valence-corrected chi connectivity index (χ0v) is 18.6. The molecular formula is C19H31BrO3Si. The second kappa shape index (κ2) is 9.06. The molecule has 0 radical (unpaired) electrons. The van der Waals surface area contributed by atoms with Crippen LogP contribution in [0, 0.1) is 0 Å². The Morgan fingerprint density at radius 2 is 1.79 bits per heavy atom. The molecule has 0 aromatic heterocycles. The van der Waals surface area contributed by atoms with E-state index in [1.807, 2.05) is 12.1 Å². The van der Waals surface area contributed by atoms with Crippen LogP contribution in [-0.4, -0.2) is 29.1 Å². The molecule has 0 bridgehead atoms. The summed E-state index contributed by atoms with van der Waals surface area (Å²) in [6.07, 6.45) is 6.29. The third kappa shape index (κ3) is 5.94. The van der Waals surface area contributed by atoms with Crippen LogP contribution in [0.15, 0.2) is 22.7 Å². The fourth-order valence-corrected chi connectivity index (χ4v) is 3.55. The van der Waals surface area contributed by atoms with Gasteiger partial charge in [-0.3, -0.25) is 0 Å². The molecule has 1 aromatic carbocycles. The van der Waals surface area contributed by atoms with Crippen LogP contribution in [0.3, 0.4) is 0 Å². The Kier molecular flexibility index (Phi) is 8.03. The normalized spacial score (nSPS) is 12.7. The van der Waals surface area contributed by atoms with Crippen LogP contribution < -0.4 is 9.47 Å². The molecule has 0 aliphatic carbocycles. The van der Waals surface area contributed by atoms with Gasteiger partial charge in [0.2, 0.25) is 0 Å². The molecule has 0 unspecified atom stereocenters. The molecule has 5 heteroatoms. The molecule has 0 atom stereocenters. The van der Waals surface area contributed by atoms with Gasteiger partial charge in [0, 0.05) is 12.7 Å².